The average Bonchev–Trinajstić information content (AvgIpc) is 3.54. The van der Waals surface area contributed by atoms with Gasteiger partial charge in [0.25, 0.3) is 0 Å². The third-order valence-electron chi connectivity index (χ3n) is 9.58. The van der Waals surface area contributed by atoms with Gasteiger partial charge in [0, 0.05) is 37.0 Å². The van der Waals surface area contributed by atoms with Gasteiger partial charge in [-0.2, -0.15) is 0 Å². The van der Waals surface area contributed by atoms with E-state index in [0.717, 1.165) is 47.9 Å². The fraction of sp³-hybridized carbons (Fsp3) is 0.462. The number of benzene rings is 2. The molecule has 2 aromatic carbocycles. The van der Waals surface area contributed by atoms with Gasteiger partial charge in [-0.3, -0.25) is 9.72 Å². The Kier molecular flexibility index (Phi) is 12.0. The molecule has 4 aromatic rings. The van der Waals surface area contributed by atoms with Crippen LogP contribution in [0.25, 0.3) is 5.65 Å². The number of hydrogen-bond acceptors (Lipinski definition) is 10. The molecule has 0 saturated carbocycles. The monoisotopic (exact) mass is 726 g/mol. The Morgan fingerprint density at radius 2 is 1.83 bits per heavy atom. The number of nitrogens with zero attached hydrogens (tertiary/aromatic N) is 5. The molecule has 3 atom stereocenters. The topological polar surface area (TPSA) is 138 Å². The molecule has 0 spiro atoms. The lowest BCUT2D eigenvalue weighted by molar-refractivity contribution is 0.171. The molecular weight excluding hydrogens is 677 g/mol. The van der Waals surface area contributed by atoms with Gasteiger partial charge in [0.15, 0.2) is 5.65 Å². The average molecular weight is 727 g/mol. The Hall–Kier alpha value is -4.62. The number of amides is 2. The van der Waals surface area contributed by atoms with E-state index in [-0.39, 0.29) is 30.0 Å². The first-order valence-corrected chi connectivity index (χ1v) is 19.2. The van der Waals surface area contributed by atoms with Gasteiger partial charge < -0.3 is 29.3 Å². The molecule has 0 radical (unpaired) electrons. The van der Waals surface area contributed by atoms with Crippen LogP contribution in [0.4, 0.5) is 16.4 Å². The van der Waals surface area contributed by atoms with E-state index in [2.05, 4.69) is 44.8 Å². The lowest BCUT2D eigenvalue weighted by atomic mass is 9.85. The van der Waals surface area contributed by atoms with Gasteiger partial charge in [-0.25, -0.2) is 9.79 Å². The summed E-state index contributed by atoms with van der Waals surface area (Å²) in [5.74, 6) is 2.63. The molecule has 2 amide bonds. The minimum atomic E-state index is -0.384. The molecule has 2 aliphatic rings. The van der Waals surface area contributed by atoms with E-state index in [1.807, 2.05) is 86.2 Å². The highest BCUT2D eigenvalue weighted by Crippen LogP contribution is 2.39. The number of aliphatic imine (C=N–C) groups is 1. The first-order valence-electron chi connectivity index (χ1n) is 18.1. The quantitative estimate of drug-likeness (QED) is 0.0575. The largest absolute Gasteiger partial charge is 0.491 e. The lowest BCUT2D eigenvalue weighted by Crippen LogP contribution is -2.43. The molecule has 3 N–H and O–H groups in total. The first kappa shape index (κ1) is 37.1. The fourth-order valence-electron chi connectivity index (χ4n) is 6.65. The normalized spacial score (nSPS) is 19.2. The van der Waals surface area contributed by atoms with Crippen molar-refractivity contribution in [1.29, 1.82) is 5.41 Å². The molecule has 1 fully saturated rings. The smallest absolute Gasteiger partial charge is 0.320 e. The Bertz CT molecular complexity index is 1890. The third-order valence-corrected chi connectivity index (χ3v) is 9.98. The van der Waals surface area contributed by atoms with Crippen molar-refractivity contribution < 1.29 is 18.5 Å². The molecule has 13 heteroatoms. The predicted octanol–water partition coefficient (Wildman–Crippen LogP) is 8.22. The Morgan fingerprint density at radius 3 is 2.62 bits per heavy atom. The number of amidine groups is 1. The van der Waals surface area contributed by atoms with E-state index < -0.39 is 0 Å². The van der Waals surface area contributed by atoms with Crippen molar-refractivity contribution in [2.75, 3.05) is 30.9 Å². The third kappa shape index (κ3) is 9.23. The van der Waals surface area contributed by atoms with Crippen LogP contribution in [-0.2, 0) is 4.18 Å². The summed E-state index contributed by atoms with van der Waals surface area (Å²) in [7, 11) is 0. The molecule has 52 heavy (non-hydrogen) atoms. The van der Waals surface area contributed by atoms with Gasteiger partial charge in [0.05, 0.1) is 24.5 Å². The zero-order valence-electron chi connectivity index (χ0n) is 30.7. The van der Waals surface area contributed by atoms with E-state index in [1.165, 1.54) is 18.5 Å². The molecule has 1 aliphatic heterocycles. The van der Waals surface area contributed by atoms with Crippen LogP contribution in [0.15, 0.2) is 71.9 Å². The highest BCUT2D eigenvalue weighted by molar-refractivity contribution is 7.93. The summed E-state index contributed by atoms with van der Waals surface area (Å²) >= 11 is 1.30. The number of carbonyl (C=O) groups is 1. The SMILES string of the molecule is CSOCCOc1cccc(N=C(CC(=N)C(C)(C)C)NC(=O)NC2CCC(Oc3ccc4nnc(N5CCCCC5C)n4c3)c3ccccc32)c1. The van der Waals surface area contributed by atoms with Crippen molar-refractivity contribution in [3.63, 3.8) is 0 Å². The van der Waals surface area contributed by atoms with Crippen LogP contribution in [0.1, 0.15) is 89.5 Å². The summed E-state index contributed by atoms with van der Waals surface area (Å²) in [5, 5.41) is 23.8. The van der Waals surface area contributed by atoms with Gasteiger partial charge in [0.2, 0.25) is 5.95 Å². The van der Waals surface area contributed by atoms with Gasteiger partial charge in [-0.15, -0.1) is 10.2 Å². The van der Waals surface area contributed by atoms with Crippen molar-refractivity contribution in [2.45, 2.75) is 84.4 Å². The summed E-state index contributed by atoms with van der Waals surface area (Å²) in [6.45, 7) is 10.0. The number of anilines is 1. The zero-order valence-corrected chi connectivity index (χ0v) is 31.5. The van der Waals surface area contributed by atoms with Crippen molar-refractivity contribution in [3.8, 4) is 11.5 Å². The second kappa shape index (κ2) is 16.8. The molecule has 3 heterocycles. The second-order valence-corrected chi connectivity index (χ2v) is 15.0. The highest BCUT2D eigenvalue weighted by Gasteiger charge is 2.30. The highest BCUT2D eigenvalue weighted by atomic mass is 32.2. The van der Waals surface area contributed by atoms with Crippen molar-refractivity contribution in [2.24, 2.45) is 10.4 Å². The number of ether oxygens (including phenoxy) is 2. The summed E-state index contributed by atoms with van der Waals surface area (Å²) in [6, 6.07) is 19.2. The second-order valence-electron chi connectivity index (χ2n) is 14.4. The summed E-state index contributed by atoms with van der Waals surface area (Å²) < 4.78 is 19.8. The minimum absolute atomic E-state index is 0.185. The number of rotatable bonds is 12. The van der Waals surface area contributed by atoms with E-state index in [4.69, 9.17) is 24.1 Å². The van der Waals surface area contributed by atoms with Crippen LogP contribution in [0.5, 0.6) is 11.5 Å². The minimum Gasteiger partial charge on any atom is -0.491 e. The van der Waals surface area contributed by atoms with Crippen LogP contribution in [0.3, 0.4) is 0 Å². The predicted molar refractivity (Wildman–Crippen MR) is 207 cm³/mol. The molecular formula is C39H50N8O4S. The van der Waals surface area contributed by atoms with E-state index >= 15 is 0 Å². The number of piperidine rings is 1. The van der Waals surface area contributed by atoms with Gasteiger partial charge >= 0.3 is 6.03 Å². The number of pyridine rings is 1. The zero-order chi connectivity index (χ0) is 36.7. The standard InChI is InChI=1S/C39H50N8O4S/c1-26-11-8-9-20-46(26)38-45-44-36-19-16-29(25-47(36)38)51-33-18-17-32(30-14-6-7-15-31(30)33)42-37(48)43-35(24-34(40)39(2,3)4)41-27-12-10-13-28(23-27)49-21-22-50-52-5/h6-7,10,12-16,19,23,25-26,32-33,40H,8-9,11,17-18,20-22,24H2,1-5H3,(H2,41,42,43,48). The molecule has 1 saturated heterocycles. The van der Waals surface area contributed by atoms with Crippen LogP contribution in [0.2, 0.25) is 0 Å². The molecule has 2 aromatic heterocycles. The molecule has 276 valence electrons. The number of carbonyl (C=O) groups excluding carboxylic acids is 1. The van der Waals surface area contributed by atoms with E-state index in [9.17, 15) is 4.79 Å². The van der Waals surface area contributed by atoms with Crippen LogP contribution >= 0.6 is 12.0 Å². The van der Waals surface area contributed by atoms with Crippen LogP contribution < -0.4 is 25.0 Å². The number of nitrogens with one attached hydrogen (secondary N) is 3. The number of aromatic nitrogens is 3. The van der Waals surface area contributed by atoms with Crippen molar-refractivity contribution in [1.82, 2.24) is 25.2 Å². The van der Waals surface area contributed by atoms with Gasteiger partial charge in [-0.05, 0) is 91.9 Å². The molecule has 3 unspecified atom stereocenters. The number of fused-ring (bicyclic) bond motifs is 2. The number of hydrogen-bond donors (Lipinski definition) is 3. The molecule has 0 bridgehead atoms. The first-order chi connectivity index (χ1) is 25.1. The van der Waals surface area contributed by atoms with E-state index in [0.29, 0.717) is 55.1 Å². The Balaban J connectivity index is 1.16. The van der Waals surface area contributed by atoms with E-state index in [1.54, 1.807) is 0 Å². The molecule has 1 aliphatic carbocycles. The van der Waals surface area contributed by atoms with Crippen LogP contribution in [-0.4, -0.2) is 64.2 Å². The Morgan fingerprint density at radius 1 is 1.00 bits per heavy atom. The molecule has 12 nitrogen and oxygen atoms in total. The summed E-state index contributed by atoms with van der Waals surface area (Å²) in [6.07, 6.45) is 8.78. The van der Waals surface area contributed by atoms with Gasteiger partial charge in [0.1, 0.15) is 30.0 Å². The maximum Gasteiger partial charge on any atom is 0.320 e. The summed E-state index contributed by atoms with van der Waals surface area (Å²) in [5.41, 5.74) is 3.53. The van der Waals surface area contributed by atoms with Crippen molar-refractivity contribution in [3.05, 3.63) is 78.0 Å². The Labute approximate surface area is 310 Å². The van der Waals surface area contributed by atoms with Crippen molar-refractivity contribution >= 4 is 46.9 Å². The fourth-order valence-corrected chi connectivity index (χ4v) is 6.89. The molecule has 6 rings (SSSR count). The summed E-state index contributed by atoms with van der Waals surface area (Å²) in [4.78, 5) is 20.7. The van der Waals surface area contributed by atoms with Gasteiger partial charge in [-0.1, -0.05) is 51.1 Å². The maximum atomic E-state index is 13.6. The van der Waals surface area contributed by atoms with Crippen LogP contribution in [0, 0.1) is 10.8 Å². The maximum absolute atomic E-state index is 13.6. The number of urea groups is 1. The lowest BCUT2D eigenvalue weighted by Gasteiger charge is -2.33.